The average Bonchev–Trinajstić information content (AvgIpc) is 3.14. The third-order valence-corrected chi connectivity index (χ3v) is 7.81. The van der Waals surface area contributed by atoms with Gasteiger partial charge >= 0.3 is 5.97 Å². The summed E-state index contributed by atoms with van der Waals surface area (Å²) < 4.78 is 6.18. The van der Waals surface area contributed by atoms with Crippen LogP contribution in [0.25, 0.3) is 0 Å². The lowest BCUT2D eigenvalue weighted by Crippen LogP contribution is -2.31. The second-order valence-corrected chi connectivity index (χ2v) is 9.50. The van der Waals surface area contributed by atoms with Gasteiger partial charge < -0.3 is 9.84 Å². The molecule has 4 atom stereocenters. The van der Waals surface area contributed by atoms with Crippen molar-refractivity contribution in [3.8, 4) is 0 Å². The topological polar surface area (TPSA) is 46.5 Å². The number of carboxylic acid groups (broad SMARTS) is 1. The van der Waals surface area contributed by atoms with E-state index in [1.54, 1.807) is 0 Å². The first-order valence-electron chi connectivity index (χ1n) is 11.6. The Bertz CT molecular complexity index is 638. The highest BCUT2D eigenvalue weighted by molar-refractivity contribution is 5.71. The van der Waals surface area contributed by atoms with Crippen molar-refractivity contribution in [3.63, 3.8) is 0 Å². The van der Waals surface area contributed by atoms with Gasteiger partial charge in [-0.3, -0.25) is 4.79 Å². The Balaban J connectivity index is 1.27. The molecule has 0 spiro atoms. The number of carbonyl (C=O) groups is 1. The van der Waals surface area contributed by atoms with Crippen LogP contribution in [0.2, 0.25) is 0 Å². The van der Waals surface area contributed by atoms with E-state index in [4.69, 9.17) is 4.74 Å². The molecule has 0 aromatic rings. The fourth-order valence-corrected chi connectivity index (χ4v) is 6.07. The predicted molar refractivity (Wildman–Crippen MR) is 112 cm³/mol. The Morgan fingerprint density at radius 1 is 0.929 bits per heavy atom. The third-order valence-electron chi connectivity index (χ3n) is 7.81. The molecule has 0 aromatic carbocycles. The SMILES string of the molecule is O=C(O)C(C1CC=C(OCC2=CCC3CC=CCC3CC2)CC1)C1CCCC1. The summed E-state index contributed by atoms with van der Waals surface area (Å²) in [6.07, 6.45) is 22.9. The Morgan fingerprint density at radius 3 is 2.43 bits per heavy atom. The van der Waals surface area contributed by atoms with Gasteiger partial charge in [-0.15, -0.1) is 0 Å². The van der Waals surface area contributed by atoms with Crippen LogP contribution in [0.1, 0.15) is 77.0 Å². The monoisotopic (exact) mass is 384 g/mol. The first-order valence-corrected chi connectivity index (χ1v) is 11.6. The van der Waals surface area contributed by atoms with Crippen molar-refractivity contribution in [2.24, 2.45) is 29.6 Å². The van der Waals surface area contributed by atoms with E-state index in [0.717, 1.165) is 56.3 Å². The number of hydrogen-bond donors (Lipinski definition) is 1. The first kappa shape index (κ1) is 19.8. The van der Waals surface area contributed by atoms with Crippen LogP contribution < -0.4 is 0 Å². The molecule has 1 fully saturated rings. The number of ether oxygens (including phenoxy) is 1. The maximum absolute atomic E-state index is 11.9. The molecule has 0 heterocycles. The van der Waals surface area contributed by atoms with Crippen LogP contribution in [-0.2, 0) is 9.53 Å². The summed E-state index contributed by atoms with van der Waals surface area (Å²) in [6.45, 7) is 0.731. The molecule has 0 aliphatic heterocycles. The van der Waals surface area contributed by atoms with Gasteiger partial charge in [0.25, 0.3) is 0 Å². The third kappa shape index (κ3) is 4.72. The number of aliphatic carboxylic acids is 1. The van der Waals surface area contributed by atoms with Gasteiger partial charge in [0, 0.05) is 6.42 Å². The summed E-state index contributed by atoms with van der Waals surface area (Å²) in [6, 6.07) is 0. The van der Waals surface area contributed by atoms with Crippen LogP contribution >= 0.6 is 0 Å². The van der Waals surface area contributed by atoms with Crippen molar-refractivity contribution in [1.82, 2.24) is 0 Å². The van der Waals surface area contributed by atoms with E-state index >= 15 is 0 Å². The van der Waals surface area contributed by atoms with E-state index in [2.05, 4.69) is 24.3 Å². The molecule has 154 valence electrons. The van der Waals surface area contributed by atoms with Gasteiger partial charge in [-0.1, -0.05) is 31.1 Å². The quantitative estimate of drug-likeness (QED) is 0.549. The molecule has 0 amide bonds. The van der Waals surface area contributed by atoms with E-state index in [1.807, 2.05) is 0 Å². The Labute approximate surface area is 169 Å². The predicted octanol–water partition coefficient (Wildman–Crippen LogP) is 6.27. The zero-order valence-corrected chi connectivity index (χ0v) is 17.2. The second-order valence-electron chi connectivity index (χ2n) is 9.50. The smallest absolute Gasteiger partial charge is 0.307 e. The molecule has 4 unspecified atom stereocenters. The molecular formula is C25H36O3. The minimum Gasteiger partial charge on any atom is -0.494 e. The van der Waals surface area contributed by atoms with Crippen LogP contribution in [0, 0.1) is 29.6 Å². The fraction of sp³-hybridized carbons (Fsp3) is 0.720. The highest BCUT2D eigenvalue weighted by atomic mass is 16.5. The van der Waals surface area contributed by atoms with Crippen molar-refractivity contribution < 1.29 is 14.6 Å². The second kappa shape index (κ2) is 9.33. The summed E-state index contributed by atoms with van der Waals surface area (Å²) in [5, 5.41) is 9.78. The van der Waals surface area contributed by atoms with E-state index in [0.29, 0.717) is 11.8 Å². The summed E-state index contributed by atoms with van der Waals surface area (Å²) >= 11 is 0. The minimum absolute atomic E-state index is 0.151. The molecule has 0 radical (unpaired) electrons. The van der Waals surface area contributed by atoms with Crippen molar-refractivity contribution in [2.45, 2.75) is 77.0 Å². The van der Waals surface area contributed by atoms with Gasteiger partial charge in [-0.2, -0.15) is 0 Å². The van der Waals surface area contributed by atoms with Crippen LogP contribution in [0.3, 0.4) is 0 Å². The van der Waals surface area contributed by atoms with Gasteiger partial charge in [0.05, 0.1) is 11.7 Å². The van der Waals surface area contributed by atoms with Crippen molar-refractivity contribution in [1.29, 1.82) is 0 Å². The lowest BCUT2D eigenvalue weighted by molar-refractivity contribution is -0.146. The van der Waals surface area contributed by atoms with Gasteiger partial charge in [0.15, 0.2) is 0 Å². The lowest BCUT2D eigenvalue weighted by atomic mass is 9.75. The molecule has 1 saturated carbocycles. The normalized spacial score (nSPS) is 32.1. The van der Waals surface area contributed by atoms with Gasteiger partial charge in [-0.05, 0) is 93.1 Å². The molecular weight excluding hydrogens is 348 g/mol. The van der Waals surface area contributed by atoms with Gasteiger partial charge in [0.2, 0.25) is 0 Å². The highest BCUT2D eigenvalue weighted by Crippen LogP contribution is 2.41. The van der Waals surface area contributed by atoms with Crippen molar-refractivity contribution >= 4 is 5.97 Å². The number of fused-ring (bicyclic) bond motifs is 1. The minimum atomic E-state index is -0.575. The molecule has 3 nitrogen and oxygen atoms in total. The molecule has 1 N–H and O–H groups in total. The van der Waals surface area contributed by atoms with Crippen LogP contribution in [0.15, 0.2) is 35.6 Å². The average molecular weight is 385 g/mol. The standard InChI is InChI=1S/C25H36O3/c26-25(27)24(21-7-3-4-8-21)22-13-15-23(16-14-22)28-17-18-9-11-19-5-1-2-6-20(19)12-10-18/h1-2,9,15,19-22,24H,3-8,10-14,16-17H2,(H,26,27). The summed E-state index contributed by atoms with van der Waals surface area (Å²) in [5.74, 6) is 2.75. The van der Waals surface area contributed by atoms with E-state index < -0.39 is 5.97 Å². The van der Waals surface area contributed by atoms with Crippen LogP contribution in [0.4, 0.5) is 0 Å². The molecule has 4 aliphatic rings. The zero-order chi connectivity index (χ0) is 19.3. The van der Waals surface area contributed by atoms with Gasteiger partial charge in [-0.25, -0.2) is 0 Å². The fourth-order valence-electron chi connectivity index (χ4n) is 6.07. The van der Waals surface area contributed by atoms with Gasteiger partial charge in [0.1, 0.15) is 6.61 Å². The Morgan fingerprint density at radius 2 is 1.71 bits per heavy atom. The summed E-state index contributed by atoms with van der Waals surface area (Å²) in [7, 11) is 0. The lowest BCUT2D eigenvalue weighted by Gasteiger charge is -2.31. The van der Waals surface area contributed by atoms with Crippen LogP contribution in [0.5, 0.6) is 0 Å². The number of allylic oxidation sites excluding steroid dienone is 5. The number of rotatable bonds is 6. The molecule has 0 aromatic heterocycles. The number of hydrogen-bond acceptors (Lipinski definition) is 2. The first-order chi connectivity index (χ1) is 13.7. The summed E-state index contributed by atoms with van der Waals surface area (Å²) in [5.41, 5.74) is 1.46. The molecule has 0 saturated heterocycles. The number of carboxylic acids is 1. The largest absolute Gasteiger partial charge is 0.494 e. The summed E-state index contributed by atoms with van der Waals surface area (Å²) in [4.78, 5) is 11.9. The molecule has 4 aliphatic carbocycles. The molecule has 3 heteroatoms. The highest BCUT2D eigenvalue weighted by Gasteiger charge is 2.37. The Hall–Kier alpha value is -1.51. The molecule has 28 heavy (non-hydrogen) atoms. The van der Waals surface area contributed by atoms with E-state index in [9.17, 15) is 9.90 Å². The molecule has 4 rings (SSSR count). The van der Waals surface area contributed by atoms with Crippen LogP contribution in [-0.4, -0.2) is 17.7 Å². The van der Waals surface area contributed by atoms with Crippen molar-refractivity contribution in [2.75, 3.05) is 6.61 Å². The van der Waals surface area contributed by atoms with E-state index in [1.165, 1.54) is 50.5 Å². The molecule has 0 bridgehead atoms. The maximum atomic E-state index is 11.9. The maximum Gasteiger partial charge on any atom is 0.307 e. The zero-order valence-electron chi connectivity index (χ0n) is 17.2. The Kier molecular flexibility index (Phi) is 6.59. The van der Waals surface area contributed by atoms with Crippen molar-refractivity contribution in [3.05, 3.63) is 35.6 Å². The van der Waals surface area contributed by atoms with E-state index in [-0.39, 0.29) is 5.92 Å².